The molecule has 0 aliphatic carbocycles. The Morgan fingerprint density at radius 3 is 2.55 bits per heavy atom. The molecule has 0 atom stereocenters. The number of hydrogen-bond donors (Lipinski definition) is 0. The molecule has 0 aliphatic heterocycles. The van der Waals surface area contributed by atoms with E-state index in [1.54, 1.807) is 12.3 Å². The number of aryl methyl sites for hydroxylation is 2. The molecule has 0 N–H and O–H groups in total. The van der Waals surface area contributed by atoms with E-state index in [4.69, 9.17) is 11.6 Å². The Morgan fingerprint density at radius 1 is 1.15 bits per heavy atom. The zero-order valence-electron chi connectivity index (χ0n) is 11.1. The summed E-state index contributed by atoms with van der Waals surface area (Å²) >= 11 is 5.76. The summed E-state index contributed by atoms with van der Waals surface area (Å²) in [6.07, 6.45) is 1.59. The number of hydrogen-bond acceptors (Lipinski definition) is 3. The van der Waals surface area contributed by atoms with E-state index in [1.165, 1.54) is 17.7 Å². The van der Waals surface area contributed by atoms with Gasteiger partial charge in [0.2, 0.25) is 0 Å². The number of rotatable bonds is 3. The number of halogens is 1. The molecular weight excluding hydrogens is 276 g/mol. The monoisotopic (exact) mass is 288 g/mol. The molecule has 0 aliphatic rings. The fraction of sp³-hybridized carbons (Fsp3) is 0.133. The van der Waals surface area contributed by atoms with Crippen LogP contribution in [0, 0.1) is 24.0 Å². The van der Waals surface area contributed by atoms with Crippen molar-refractivity contribution < 1.29 is 4.92 Å². The third kappa shape index (κ3) is 3.22. The Hall–Kier alpha value is -2.20. The van der Waals surface area contributed by atoms with Gasteiger partial charge in [0, 0.05) is 12.3 Å². The SMILES string of the molecule is Cc1ccc(N=Cc2ccc(Cl)c([N+](=O)[O-])c2)cc1C. The first-order valence-electron chi connectivity index (χ1n) is 6.02. The molecule has 0 amide bonds. The Balaban J connectivity index is 2.29. The van der Waals surface area contributed by atoms with Crippen LogP contribution in [0.3, 0.4) is 0 Å². The van der Waals surface area contributed by atoms with Crippen LogP contribution in [0.25, 0.3) is 0 Å². The van der Waals surface area contributed by atoms with Crippen molar-refractivity contribution in [1.82, 2.24) is 0 Å². The maximum Gasteiger partial charge on any atom is 0.288 e. The van der Waals surface area contributed by atoms with Crippen molar-refractivity contribution in [3.05, 3.63) is 68.2 Å². The standard InChI is InChI=1S/C15H13ClN2O2/c1-10-3-5-13(7-11(10)2)17-9-12-4-6-14(16)15(8-12)18(19)20/h3-9H,1-2H3. The zero-order valence-corrected chi connectivity index (χ0v) is 11.9. The van der Waals surface area contributed by atoms with E-state index < -0.39 is 4.92 Å². The first kappa shape index (κ1) is 14.2. The van der Waals surface area contributed by atoms with Gasteiger partial charge >= 0.3 is 0 Å². The quantitative estimate of drug-likeness (QED) is 0.470. The molecule has 2 rings (SSSR count). The molecule has 2 aromatic rings. The second-order valence-electron chi connectivity index (χ2n) is 4.49. The van der Waals surface area contributed by atoms with Gasteiger partial charge in [0.15, 0.2) is 0 Å². The van der Waals surface area contributed by atoms with Gasteiger partial charge < -0.3 is 0 Å². The molecule has 5 heteroatoms. The number of nitro groups is 1. The lowest BCUT2D eigenvalue weighted by atomic mass is 10.1. The normalized spacial score (nSPS) is 10.9. The molecule has 0 saturated carbocycles. The largest absolute Gasteiger partial charge is 0.288 e. The maximum atomic E-state index is 10.8. The molecule has 0 aromatic heterocycles. The average Bonchev–Trinajstić information content (AvgIpc) is 2.41. The third-order valence-electron chi connectivity index (χ3n) is 3.02. The second kappa shape index (κ2) is 5.84. The molecule has 4 nitrogen and oxygen atoms in total. The highest BCUT2D eigenvalue weighted by Gasteiger charge is 2.11. The summed E-state index contributed by atoms with van der Waals surface area (Å²) < 4.78 is 0. The van der Waals surface area contributed by atoms with E-state index >= 15 is 0 Å². The van der Waals surface area contributed by atoms with Crippen molar-refractivity contribution in [2.75, 3.05) is 0 Å². The molecule has 0 saturated heterocycles. The lowest BCUT2D eigenvalue weighted by molar-refractivity contribution is -0.384. The molecule has 0 fully saturated rings. The Morgan fingerprint density at radius 2 is 1.90 bits per heavy atom. The summed E-state index contributed by atoms with van der Waals surface area (Å²) in [5.41, 5.74) is 3.69. The molecule has 2 aromatic carbocycles. The van der Waals surface area contributed by atoms with Gasteiger partial charge in [-0.3, -0.25) is 15.1 Å². The second-order valence-corrected chi connectivity index (χ2v) is 4.90. The highest BCUT2D eigenvalue weighted by atomic mass is 35.5. The zero-order chi connectivity index (χ0) is 14.7. The summed E-state index contributed by atoms with van der Waals surface area (Å²) in [6.45, 7) is 4.05. The minimum atomic E-state index is -0.504. The van der Waals surface area contributed by atoms with Gasteiger partial charge in [-0.15, -0.1) is 0 Å². The Kier molecular flexibility index (Phi) is 4.15. The number of nitro benzene ring substituents is 1. The van der Waals surface area contributed by atoms with Crippen molar-refractivity contribution in [1.29, 1.82) is 0 Å². The highest BCUT2D eigenvalue weighted by Crippen LogP contribution is 2.25. The van der Waals surface area contributed by atoms with Crippen LogP contribution in [-0.4, -0.2) is 11.1 Å². The van der Waals surface area contributed by atoms with Crippen molar-refractivity contribution in [3.8, 4) is 0 Å². The van der Waals surface area contributed by atoms with E-state index in [0.29, 0.717) is 5.56 Å². The maximum absolute atomic E-state index is 10.8. The van der Waals surface area contributed by atoms with Gasteiger partial charge in [-0.1, -0.05) is 23.7 Å². The summed E-state index contributed by atoms with van der Waals surface area (Å²) in [7, 11) is 0. The predicted molar refractivity (Wildman–Crippen MR) is 81.3 cm³/mol. The fourth-order valence-corrected chi connectivity index (χ4v) is 1.89. The first-order chi connectivity index (χ1) is 9.47. The molecular formula is C15H13ClN2O2. The van der Waals surface area contributed by atoms with Crippen LogP contribution in [0.2, 0.25) is 5.02 Å². The van der Waals surface area contributed by atoms with Crippen LogP contribution in [0.15, 0.2) is 41.4 Å². The van der Waals surface area contributed by atoms with Crippen molar-refractivity contribution in [2.24, 2.45) is 4.99 Å². The fourth-order valence-electron chi connectivity index (χ4n) is 1.70. The summed E-state index contributed by atoms with van der Waals surface area (Å²) in [5, 5.41) is 10.9. The molecule has 0 heterocycles. The molecule has 0 radical (unpaired) electrons. The molecule has 102 valence electrons. The van der Waals surface area contributed by atoms with E-state index in [-0.39, 0.29) is 10.7 Å². The van der Waals surface area contributed by atoms with Crippen LogP contribution in [0.4, 0.5) is 11.4 Å². The smallest absolute Gasteiger partial charge is 0.258 e. The van der Waals surface area contributed by atoms with Gasteiger partial charge in [-0.25, -0.2) is 0 Å². The lowest BCUT2D eigenvalue weighted by Gasteiger charge is -2.01. The van der Waals surface area contributed by atoms with Gasteiger partial charge in [-0.05, 0) is 48.7 Å². The van der Waals surface area contributed by atoms with Gasteiger partial charge in [0.1, 0.15) is 5.02 Å². The van der Waals surface area contributed by atoms with Crippen LogP contribution in [0.1, 0.15) is 16.7 Å². The summed E-state index contributed by atoms with van der Waals surface area (Å²) in [4.78, 5) is 14.6. The number of aliphatic imine (C=N–C) groups is 1. The van der Waals surface area contributed by atoms with E-state index in [9.17, 15) is 10.1 Å². The predicted octanol–water partition coefficient (Wildman–Crippen LogP) is 4.62. The van der Waals surface area contributed by atoms with Gasteiger partial charge in [0.25, 0.3) is 5.69 Å². The van der Waals surface area contributed by atoms with E-state index in [2.05, 4.69) is 4.99 Å². The van der Waals surface area contributed by atoms with Gasteiger partial charge in [0.05, 0.1) is 10.6 Å². The van der Waals surface area contributed by atoms with Crippen LogP contribution in [-0.2, 0) is 0 Å². The third-order valence-corrected chi connectivity index (χ3v) is 3.34. The minimum Gasteiger partial charge on any atom is -0.258 e. The van der Waals surface area contributed by atoms with Crippen LogP contribution in [0.5, 0.6) is 0 Å². The van der Waals surface area contributed by atoms with Gasteiger partial charge in [-0.2, -0.15) is 0 Å². The van der Waals surface area contributed by atoms with E-state index in [0.717, 1.165) is 11.3 Å². The average molecular weight is 289 g/mol. The molecule has 0 bridgehead atoms. The Bertz CT molecular complexity index is 696. The van der Waals surface area contributed by atoms with Crippen molar-refractivity contribution >= 4 is 29.2 Å². The molecule has 0 unspecified atom stereocenters. The summed E-state index contributed by atoms with van der Waals surface area (Å²) in [6, 6.07) is 10.5. The van der Waals surface area contributed by atoms with Crippen LogP contribution >= 0.6 is 11.6 Å². The molecule has 20 heavy (non-hydrogen) atoms. The Labute approximate surface area is 121 Å². The van der Waals surface area contributed by atoms with Crippen molar-refractivity contribution in [3.63, 3.8) is 0 Å². The van der Waals surface area contributed by atoms with Crippen molar-refractivity contribution in [2.45, 2.75) is 13.8 Å². The topological polar surface area (TPSA) is 55.5 Å². The number of benzene rings is 2. The van der Waals surface area contributed by atoms with Crippen LogP contribution < -0.4 is 0 Å². The highest BCUT2D eigenvalue weighted by molar-refractivity contribution is 6.32. The minimum absolute atomic E-state index is 0.115. The summed E-state index contributed by atoms with van der Waals surface area (Å²) in [5.74, 6) is 0. The molecule has 0 spiro atoms. The lowest BCUT2D eigenvalue weighted by Crippen LogP contribution is -1.91. The van der Waals surface area contributed by atoms with E-state index in [1.807, 2.05) is 32.0 Å². The number of nitrogens with zero attached hydrogens (tertiary/aromatic N) is 2. The first-order valence-corrected chi connectivity index (χ1v) is 6.40.